The lowest BCUT2D eigenvalue weighted by Gasteiger charge is -2.22. The van der Waals surface area contributed by atoms with Gasteiger partial charge < -0.3 is 24.8 Å². The molecule has 1 saturated heterocycles. The summed E-state index contributed by atoms with van der Waals surface area (Å²) < 4.78 is 16.5. The Morgan fingerprint density at radius 3 is 2.42 bits per heavy atom. The van der Waals surface area contributed by atoms with Crippen LogP contribution in [0.1, 0.15) is 54.6 Å². The van der Waals surface area contributed by atoms with Crippen LogP contribution < -0.4 is 15.4 Å². The molecule has 8 heteroatoms. The normalized spacial score (nSPS) is 14.4. The van der Waals surface area contributed by atoms with E-state index in [1.165, 1.54) is 18.4 Å². The van der Waals surface area contributed by atoms with Gasteiger partial charge in [0, 0.05) is 28.9 Å². The topological polar surface area (TPSA) is 85.9 Å². The molecule has 0 unspecified atom stereocenters. The number of benzene rings is 2. The lowest BCUT2D eigenvalue weighted by Crippen LogP contribution is -2.20. The van der Waals surface area contributed by atoms with Gasteiger partial charge in [-0.25, -0.2) is 9.59 Å². The third kappa shape index (κ3) is 6.17. The first kappa shape index (κ1) is 26.0. The van der Waals surface area contributed by atoms with E-state index in [1.54, 1.807) is 0 Å². The first-order valence-corrected chi connectivity index (χ1v) is 13.1. The molecule has 1 aliphatic heterocycles. The fourth-order valence-corrected chi connectivity index (χ4v) is 5.34. The average molecular weight is 511 g/mol. The highest BCUT2D eigenvalue weighted by Crippen LogP contribution is 2.36. The van der Waals surface area contributed by atoms with Gasteiger partial charge in [-0.1, -0.05) is 45.0 Å². The number of hydrogen-bond acceptors (Lipinski definition) is 6. The minimum Gasteiger partial charge on any atom is -0.493 e. The number of rotatable bonds is 7. The Bertz CT molecular complexity index is 1220. The SMILES string of the molecule is COC(=O)c1sc(C(C)(C)C)cc1NC(=O)Nc1ccc(OCCC2CCOCC2)c2ccccc12. The summed E-state index contributed by atoms with van der Waals surface area (Å²) in [5.74, 6) is 0.961. The number of urea groups is 1. The minimum atomic E-state index is -0.474. The van der Waals surface area contributed by atoms with Gasteiger partial charge in [0.05, 0.1) is 25.1 Å². The summed E-state index contributed by atoms with van der Waals surface area (Å²) in [6.07, 6.45) is 3.17. The zero-order valence-corrected chi connectivity index (χ0v) is 22.1. The Labute approximate surface area is 216 Å². The Kier molecular flexibility index (Phi) is 8.16. The molecular weight excluding hydrogens is 476 g/mol. The number of ether oxygens (including phenoxy) is 3. The second kappa shape index (κ2) is 11.3. The fourth-order valence-electron chi connectivity index (χ4n) is 4.25. The van der Waals surface area contributed by atoms with Gasteiger partial charge in [0.1, 0.15) is 10.6 Å². The smallest absolute Gasteiger partial charge is 0.350 e. The molecule has 7 nitrogen and oxygen atoms in total. The van der Waals surface area contributed by atoms with Crippen LogP contribution in [-0.4, -0.2) is 38.9 Å². The van der Waals surface area contributed by atoms with Crippen LogP contribution in [-0.2, 0) is 14.9 Å². The van der Waals surface area contributed by atoms with Crippen LogP contribution in [0, 0.1) is 5.92 Å². The maximum atomic E-state index is 13.0. The third-order valence-corrected chi connectivity index (χ3v) is 7.89. The molecule has 2 heterocycles. The highest BCUT2D eigenvalue weighted by atomic mass is 32.1. The number of carbonyl (C=O) groups is 2. The summed E-state index contributed by atoms with van der Waals surface area (Å²) in [7, 11) is 1.34. The van der Waals surface area contributed by atoms with Gasteiger partial charge in [0.25, 0.3) is 0 Å². The van der Waals surface area contributed by atoms with Gasteiger partial charge in [-0.3, -0.25) is 0 Å². The van der Waals surface area contributed by atoms with Crippen LogP contribution in [0.4, 0.5) is 16.2 Å². The first-order valence-electron chi connectivity index (χ1n) is 12.3. The van der Waals surface area contributed by atoms with Crippen LogP contribution in [0.15, 0.2) is 42.5 Å². The van der Waals surface area contributed by atoms with E-state index >= 15 is 0 Å². The number of thiophene rings is 1. The number of nitrogens with one attached hydrogen (secondary N) is 2. The van der Waals surface area contributed by atoms with E-state index < -0.39 is 12.0 Å². The Hall–Kier alpha value is -3.10. The average Bonchev–Trinajstić information content (AvgIpc) is 3.29. The number of carbonyl (C=O) groups excluding carboxylic acids is 2. The highest BCUT2D eigenvalue weighted by molar-refractivity contribution is 7.14. The van der Waals surface area contributed by atoms with E-state index in [4.69, 9.17) is 14.2 Å². The van der Waals surface area contributed by atoms with Gasteiger partial charge in [0.2, 0.25) is 0 Å². The number of esters is 1. The number of fused-ring (bicyclic) bond motifs is 1. The van der Waals surface area contributed by atoms with Gasteiger partial charge in [0.15, 0.2) is 0 Å². The van der Waals surface area contributed by atoms with Crippen molar-refractivity contribution in [3.05, 3.63) is 52.2 Å². The summed E-state index contributed by atoms with van der Waals surface area (Å²) in [5, 5.41) is 7.58. The van der Waals surface area contributed by atoms with Gasteiger partial charge >= 0.3 is 12.0 Å². The van der Waals surface area contributed by atoms with Crippen LogP contribution in [0.5, 0.6) is 5.75 Å². The number of amides is 2. The van der Waals surface area contributed by atoms with Crippen molar-refractivity contribution < 1.29 is 23.8 Å². The van der Waals surface area contributed by atoms with Crippen LogP contribution in [0.25, 0.3) is 10.8 Å². The molecule has 4 rings (SSSR count). The van der Waals surface area contributed by atoms with Crippen molar-refractivity contribution in [3.8, 4) is 5.75 Å². The molecule has 2 amide bonds. The molecule has 1 aliphatic rings. The van der Waals surface area contributed by atoms with Crippen molar-refractivity contribution in [3.63, 3.8) is 0 Å². The van der Waals surface area contributed by atoms with Crippen LogP contribution in [0.3, 0.4) is 0 Å². The maximum absolute atomic E-state index is 13.0. The lowest BCUT2D eigenvalue weighted by atomic mass is 9.94. The number of methoxy groups -OCH3 is 1. The minimum absolute atomic E-state index is 0.166. The predicted octanol–water partition coefficient (Wildman–Crippen LogP) is 6.82. The Morgan fingerprint density at radius 1 is 1.03 bits per heavy atom. The van der Waals surface area contributed by atoms with Crippen molar-refractivity contribution in [2.24, 2.45) is 5.92 Å². The third-order valence-electron chi connectivity index (χ3n) is 6.35. The zero-order valence-electron chi connectivity index (χ0n) is 21.3. The molecule has 2 N–H and O–H groups in total. The van der Waals surface area contributed by atoms with E-state index in [1.807, 2.05) is 42.5 Å². The largest absolute Gasteiger partial charge is 0.493 e. The van der Waals surface area contributed by atoms with E-state index in [2.05, 4.69) is 31.4 Å². The maximum Gasteiger partial charge on any atom is 0.350 e. The summed E-state index contributed by atoms with van der Waals surface area (Å²) in [4.78, 5) is 26.6. The standard InChI is InChI=1S/C28H34N2O5S/c1-28(2,3)24-17-22(25(36-24)26(31)33-4)30-27(32)29-21-9-10-23(20-8-6-5-7-19(20)21)35-16-13-18-11-14-34-15-12-18/h5-10,17-18H,11-16H2,1-4H3,(H2,29,30,32). The van der Waals surface area contributed by atoms with Gasteiger partial charge in [-0.05, 0) is 48.8 Å². The molecule has 1 fully saturated rings. The second-order valence-corrected chi connectivity index (χ2v) is 11.1. The molecule has 0 bridgehead atoms. The summed E-state index contributed by atoms with van der Waals surface area (Å²) in [6, 6.07) is 13.0. The highest BCUT2D eigenvalue weighted by Gasteiger charge is 2.24. The van der Waals surface area contributed by atoms with E-state index in [0.29, 0.717) is 28.8 Å². The number of hydrogen-bond donors (Lipinski definition) is 2. The molecule has 0 saturated carbocycles. The van der Waals surface area contributed by atoms with Crippen LogP contribution in [0.2, 0.25) is 0 Å². The molecule has 0 spiro atoms. The van der Waals surface area contributed by atoms with Crippen molar-refractivity contribution >= 4 is 45.5 Å². The Balaban J connectivity index is 1.48. The molecule has 2 aromatic carbocycles. The van der Waals surface area contributed by atoms with Gasteiger partial charge in [-0.2, -0.15) is 0 Å². The molecule has 0 radical (unpaired) electrons. The number of anilines is 2. The van der Waals surface area contributed by atoms with Crippen molar-refractivity contribution in [1.29, 1.82) is 0 Å². The first-order chi connectivity index (χ1) is 17.3. The molecular formula is C28H34N2O5S. The monoisotopic (exact) mass is 510 g/mol. The second-order valence-electron chi connectivity index (χ2n) is 10.0. The van der Waals surface area contributed by atoms with Crippen LogP contribution >= 0.6 is 11.3 Å². The zero-order chi connectivity index (χ0) is 25.7. The summed E-state index contributed by atoms with van der Waals surface area (Å²) in [5.41, 5.74) is 0.929. The Morgan fingerprint density at radius 2 is 1.72 bits per heavy atom. The molecule has 192 valence electrons. The quantitative estimate of drug-likeness (QED) is 0.341. The molecule has 36 heavy (non-hydrogen) atoms. The molecule has 0 aliphatic carbocycles. The van der Waals surface area contributed by atoms with Crippen molar-refractivity contribution in [2.45, 2.75) is 45.4 Å². The van der Waals surface area contributed by atoms with Crippen molar-refractivity contribution in [2.75, 3.05) is 37.6 Å². The van der Waals surface area contributed by atoms with E-state index in [-0.39, 0.29) is 5.41 Å². The summed E-state index contributed by atoms with van der Waals surface area (Å²) in [6.45, 7) is 8.49. The predicted molar refractivity (Wildman–Crippen MR) is 145 cm³/mol. The lowest BCUT2D eigenvalue weighted by molar-refractivity contribution is 0.0593. The van der Waals surface area contributed by atoms with Gasteiger partial charge in [-0.15, -0.1) is 11.3 Å². The molecule has 1 aromatic heterocycles. The molecule has 3 aromatic rings. The summed E-state index contributed by atoms with van der Waals surface area (Å²) >= 11 is 1.33. The van der Waals surface area contributed by atoms with E-state index in [0.717, 1.165) is 53.9 Å². The molecule has 0 atom stereocenters. The fraction of sp³-hybridized carbons (Fsp3) is 0.429. The van der Waals surface area contributed by atoms with E-state index in [9.17, 15) is 9.59 Å². The van der Waals surface area contributed by atoms with Crippen molar-refractivity contribution in [1.82, 2.24) is 0 Å².